The Balaban J connectivity index is 2.04. The zero-order valence-corrected chi connectivity index (χ0v) is 13.9. The quantitative estimate of drug-likeness (QED) is 0.633. The monoisotopic (exact) mass is 283 g/mol. The predicted octanol–water partition coefficient (Wildman–Crippen LogP) is 3.87. The Morgan fingerprint density at radius 2 is 1.75 bits per heavy atom. The SMILES string of the molecule is CC(C)CCCCCOC1CCN(C(=O)C(C)C)CC1. The maximum atomic E-state index is 11.9. The lowest BCUT2D eigenvalue weighted by molar-refractivity contribution is -0.137. The minimum absolute atomic E-state index is 0.119. The summed E-state index contributed by atoms with van der Waals surface area (Å²) < 4.78 is 5.94. The van der Waals surface area contributed by atoms with Crippen LogP contribution in [0.2, 0.25) is 0 Å². The van der Waals surface area contributed by atoms with Crippen LogP contribution in [0.1, 0.15) is 66.2 Å². The number of ether oxygens (including phenoxy) is 1. The van der Waals surface area contributed by atoms with E-state index in [-0.39, 0.29) is 11.8 Å². The highest BCUT2D eigenvalue weighted by molar-refractivity contribution is 5.78. The van der Waals surface area contributed by atoms with Crippen LogP contribution in [0.3, 0.4) is 0 Å². The fourth-order valence-corrected chi connectivity index (χ4v) is 2.69. The van der Waals surface area contributed by atoms with Gasteiger partial charge < -0.3 is 9.64 Å². The zero-order chi connectivity index (χ0) is 15.0. The van der Waals surface area contributed by atoms with Crippen molar-refractivity contribution in [2.75, 3.05) is 19.7 Å². The summed E-state index contributed by atoms with van der Waals surface area (Å²) in [4.78, 5) is 13.9. The summed E-state index contributed by atoms with van der Waals surface area (Å²) >= 11 is 0. The average molecular weight is 283 g/mol. The van der Waals surface area contributed by atoms with E-state index in [9.17, 15) is 4.79 Å². The molecule has 0 aliphatic carbocycles. The van der Waals surface area contributed by atoms with Gasteiger partial charge in [0.25, 0.3) is 0 Å². The molecule has 1 aliphatic rings. The lowest BCUT2D eigenvalue weighted by Crippen LogP contribution is -2.42. The maximum absolute atomic E-state index is 11.9. The molecule has 1 rings (SSSR count). The minimum Gasteiger partial charge on any atom is -0.378 e. The molecule has 0 unspecified atom stereocenters. The van der Waals surface area contributed by atoms with Crippen LogP contribution >= 0.6 is 0 Å². The van der Waals surface area contributed by atoms with Crippen molar-refractivity contribution in [3.63, 3.8) is 0 Å². The molecule has 118 valence electrons. The van der Waals surface area contributed by atoms with E-state index in [4.69, 9.17) is 4.74 Å². The summed E-state index contributed by atoms with van der Waals surface area (Å²) in [5.74, 6) is 1.23. The maximum Gasteiger partial charge on any atom is 0.225 e. The molecule has 0 radical (unpaired) electrons. The highest BCUT2D eigenvalue weighted by Gasteiger charge is 2.24. The molecule has 0 saturated carbocycles. The molecule has 3 heteroatoms. The largest absolute Gasteiger partial charge is 0.378 e. The number of likely N-dealkylation sites (tertiary alicyclic amines) is 1. The molecule has 0 atom stereocenters. The van der Waals surface area contributed by atoms with Crippen LogP contribution in [0.25, 0.3) is 0 Å². The summed E-state index contributed by atoms with van der Waals surface area (Å²) in [7, 11) is 0. The number of rotatable bonds is 8. The van der Waals surface area contributed by atoms with Crippen molar-refractivity contribution in [3.05, 3.63) is 0 Å². The lowest BCUT2D eigenvalue weighted by Gasteiger charge is -2.33. The molecule has 1 aliphatic heterocycles. The number of carbonyl (C=O) groups is 1. The predicted molar refractivity (Wildman–Crippen MR) is 83.7 cm³/mol. The van der Waals surface area contributed by atoms with E-state index < -0.39 is 0 Å². The number of hydrogen-bond donors (Lipinski definition) is 0. The third-order valence-corrected chi connectivity index (χ3v) is 4.03. The van der Waals surface area contributed by atoms with E-state index in [1.54, 1.807) is 0 Å². The van der Waals surface area contributed by atoms with Crippen molar-refractivity contribution < 1.29 is 9.53 Å². The first-order chi connectivity index (χ1) is 9.50. The summed E-state index contributed by atoms with van der Waals surface area (Å²) in [5.41, 5.74) is 0. The van der Waals surface area contributed by atoms with E-state index in [0.29, 0.717) is 6.10 Å². The van der Waals surface area contributed by atoms with Crippen molar-refractivity contribution in [1.82, 2.24) is 4.90 Å². The first kappa shape index (κ1) is 17.5. The Labute approximate surface area is 125 Å². The van der Waals surface area contributed by atoms with Crippen molar-refractivity contribution in [1.29, 1.82) is 0 Å². The van der Waals surface area contributed by atoms with Gasteiger partial charge in [-0.2, -0.15) is 0 Å². The van der Waals surface area contributed by atoms with Crippen LogP contribution in [-0.2, 0) is 9.53 Å². The highest BCUT2D eigenvalue weighted by atomic mass is 16.5. The normalized spacial score (nSPS) is 17.2. The van der Waals surface area contributed by atoms with Crippen LogP contribution in [0.15, 0.2) is 0 Å². The first-order valence-electron chi connectivity index (χ1n) is 8.41. The Morgan fingerprint density at radius 1 is 1.10 bits per heavy atom. The molecular weight excluding hydrogens is 250 g/mol. The van der Waals surface area contributed by atoms with Gasteiger partial charge in [-0.25, -0.2) is 0 Å². The molecule has 1 heterocycles. The summed E-state index contributed by atoms with van der Waals surface area (Å²) in [6, 6.07) is 0. The summed E-state index contributed by atoms with van der Waals surface area (Å²) in [5, 5.41) is 0. The van der Waals surface area contributed by atoms with Gasteiger partial charge in [-0.05, 0) is 25.2 Å². The van der Waals surface area contributed by atoms with Crippen LogP contribution in [-0.4, -0.2) is 36.6 Å². The Hall–Kier alpha value is -0.570. The molecule has 0 aromatic carbocycles. The van der Waals surface area contributed by atoms with Crippen molar-refractivity contribution in [2.45, 2.75) is 72.3 Å². The third kappa shape index (κ3) is 6.74. The molecular formula is C17H33NO2. The van der Waals surface area contributed by atoms with Crippen molar-refractivity contribution in [3.8, 4) is 0 Å². The molecule has 0 aromatic heterocycles. The Kier molecular flexibility index (Phi) is 8.20. The standard InChI is InChI=1S/C17H33NO2/c1-14(2)8-6-5-7-13-20-16-9-11-18(12-10-16)17(19)15(3)4/h14-16H,5-13H2,1-4H3. The fraction of sp³-hybridized carbons (Fsp3) is 0.941. The number of nitrogens with zero attached hydrogens (tertiary/aromatic N) is 1. The van der Waals surface area contributed by atoms with E-state index in [1.807, 2.05) is 18.7 Å². The number of amides is 1. The Bertz CT molecular complexity index is 268. The van der Waals surface area contributed by atoms with Gasteiger partial charge in [-0.15, -0.1) is 0 Å². The molecule has 20 heavy (non-hydrogen) atoms. The summed E-state index contributed by atoms with van der Waals surface area (Å²) in [6.07, 6.45) is 7.49. The van der Waals surface area contributed by atoms with Gasteiger partial charge in [0, 0.05) is 25.6 Å². The highest BCUT2D eigenvalue weighted by Crippen LogP contribution is 2.16. The van der Waals surface area contributed by atoms with Gasteiger partial charge in [-0.1, -0.05) is 47.0 Å². The van der Waals surface area contributed by atoms with Gasteiger partial charge >= 0.3 is 0 Å². The van der Waals surface area contributed by atoms with Gasteiger partial charge in [0.15, 0.2) is 0 Å². The molecule has 0 bridgehead atoms. The van der Waals surface area contributed by atoms with Crippen molar-refractivity contribution >= 4 is 5.91 Å². The number of piperidine rings is 1. The van der Waals surface area contributed by atoms with Gasteiger partial charge in [0.05, 0.1) is 6.10 Å². The number of carbonyl (C=O) groups excluding carboxylic acids is 1. The van der Waals surface area contributed by atoms with Gasteiger partial charge in [0.2, 0.25) is 5.91 Å². The molecule has 0 aromatic rings. The first-order valence-corrected chi connectivity index (χ1v) is 8.41. The van der Waals surface area contributed by atoms with E-state index in [0.717, 1.165) is 38.5 Å². The van der Waals surface area contributed by atoms with E-state index >= 15 is 0 Å². The zero-order valence-electron chi connectivity index (χ0n) is 13.9. The molecule has 1 amide bonds. The second-order valence-electron chi connectivity index (χ2n) is 6.79. The van der Waals surface area contributed by atoms with E-state index in [1.165, 1.54) is 25.7 Å². The average Bonchev–Trinajstić information content (AvgIpc) is 2.42. The third-order valence-electron chi connectivity index (χ3n) is 4.03. The van der Waals surface area contributed by atoms with Crippen LogP contribution < -0.4 is 0 Å². The van der Waals surface area contributed by atoms with Crippen LogP contribution in [0.5, 0.6) is 0 Å². The Morgan fingerprint density at radius 3 is 2.30 bits per heavy atom. The number of hydrogen-bond acceptors (Lipinski definition) is 2. The smallest absolute Gasteiger partial charge is 0.225 e. The van der Waals surface area contributed by atoms with Gasteiger partial charge in [0.1, 0.15) is 0 Å². The van der Waals surface area contributed by atoms with Crippen LogP contribution in [0.4, 0.5) is 0 Å². The van der Waals surface area contributed by atoms with Gasteiger partial charge in [-0.3, -0.25) is 4.79 Å². The molecule has 1 saturated heterocycles. The second kappa shape index (κ2) is 9.38. The molecule has 1 fully saturated rings. The molecule has 3 nitrogen and oxygen atoms in total. The number of unbranched alkanes of at least 4 members (excludes halogenated alkanes) is 2. The fourth-order valence-electron chi connectivity index (χ4n) is 2.69. The minimum atomic E-state index is 0.119. The molecule has 0 spiro atoms. The molecule has 0 N–H and O–H groups in total. The van der Waals surface area contributed by atoms with Crippen LogP contribution in [0, 0.1) is 11.8 Å². The lowest BCUT2D eigenvalue weighted by atomic mass is 10.0. The van der Waals surface area contributed by atoms with Crippen molar-refractivity contribution in [2.24, 2.45) is 11.8 Å². The topological polar surface area (TPSA) is 29.5 Å². The summed E-state index contributed by atoms with van der Waals surface area (Å²) in [6.45, 7) is 11.1. The second-order valence-corrected chi connectivity index (χ2v) is 6.79. The van der Waals surface area contributed by atoms with E-state index in [2.05, 4.69) is 13.8 Å².